The van der Waals surface area contributed by atoms with Gasteiger partial charge in [0.2, 0.25) is 5.56 Å². The zero-order valence-electron chi connectivity index (χ0n) is 8.29. The third-order valence-corrected chi connectivity index (χ3v) is 2.24. The molecule has 1 heterocycles. The van der Waals surface area contributed by atoms with Crippen LogP contribution in [-0.4, -0.2) is 4.98 Å². The predicted octanol–water partition coefficient (Wildman–Crippen LogP) is 1.34. The monoisotopic (exact) mass is 180 g/mol. The van der Waals surface area contributed by atoms with Crippen LogP contribution in [0.25, 0.3) is 0 Å². The minimum absolute atomic E-state index is 0.00292. The maximum Gasteiger partial charge on any atom is 0.248 e. The van der Waals surface area contributed by atoms with E-state index in [1.54, 1.807) is 6.07 Å². The van der Waals surface area contributed by atoms with E-state index in [2.05, 4.69) is 18.8 Å². The lowest BCUT2D eigenvalue weighted by Crippen LogP contribution is -2.20. The molecular formula is C10H16N2O. The van der Waals surface area contributed by atoms with Crippen molar-refractivity contribution in [1.82, 2.24) is 4.98 Å². The summed E-state index contributed by atoms with van der Waals surface area (Å²) in [6, 6.07) is 3.32. The van der Waals surface area contributed by atoms with Crippen molar-refractivity contribution in [3.63, 3.8) is 0 Å². The molecule has 3 N–H and O–H groups in total. The van der Waals surface area contributed by atoms with Crippen LogP contribution in [0.4, 0.5) is 0 Å². The number of nitrogens with two attached hydrogens (primary N) is 1. The predicted molar refractivity (Wildman–Crippen MR) is 53.6 cm³/mol. The first kappa shape index (κ1) is 9.99. The van der Waals surface area contributed by atoms with E-state index in [0.29, 0.717) is 5.92 Å². The van der Waals surface area contributed by atoms with Gasteiger partial charge in [-0.15, -0.1) is 0 Å². The highest BCUT2D eigenvalue weighted by Gasteiger charge is 2.12. The molecule has 0 radical (unpaired) electrons. The van der Waals surface area contributed by atoms with Crippen LogP contribution < -0.4 is 11.3 Å². The van der Waals surface area contributed by atoms with Gasteiger partial charge in [-0.1, -0.05) is 19.9 Å². The molecule has 0 bridgehead atoms. The van der Waals surface area contributed by atoms with Crippen LogP contribution in [-0.2, 0) is 0 Å². The van der Waals surface area contributed by atoms with Crippen molar-refractivity contribution in [2.45, 2.75) is 26.8 Å². The van der Waals surface area contributed by atoms with Gasteiger partial charge < -0.3 is 10.7 Å². The third-order valence-electron chi connectivity index (χ3n) is 2.24. The highest BCUT2D eigenvalue weighted by atomic mass is 16.1. The molecule has 0 aromatic carbocycles. The Bertz CT molecular complexity index is 341. The van der Waals surface area contributed by atoms with Gasteiger partial charge in [-0.3, -0.25) is 4.79 Å². The quantitative estimate of drug-likeness (QED) is 0.721. The van der Waals surface area contributed by atoms with E-state index >= 15 is 0 Å². The van der Waals surface area contributed by atoms with Crippen molar-refractivity contribution >= 4 is 0 Å². The van der Waals surface area contributed by atoms with Crippen LogP contribution in [0.1, 0.15) is 31.1 Å². The Morgan fingerprint density at radius 3 is 2.46 bits per heavy atom. The molecule has 0 saturated carbocycles. The number of aromatic amines is 1. The highest BCUT2D eigenvalue weighted by molar-refractivity contribution is 5.22. The van der Waals surface area contributed by atoms with Gasteiger partial charge in [0.05, 0.1) is 0 Å². The van der Waals surface area contributed by atoms with Gasteiger partial charge in [0.15, 0.2) is 0 Å². The number of rotatable bonds is 2. The molecule has 3 heteroatoms. The summed E-state index contributed by atoms with van der Waals surface area (Å²) in [6.07, 6.45) is 0. The van der Waals surface area contributed by atoms with Crippen LogP contribution >= 0.6 is 0 Å². The van der Waals surface area contributed by atoms with Crippen LogP contribution in [0, 0.1) is 12.8 Å². The standard InChI is InChI=1S/C10H16N2O/c1-6(2)10(11)8-4-5-9(13)12-7(8)3/h4-6,10H,11H2,1-3H3,(H,12,13). The number of pyridine rings is 1. The van der Waals surface area contributed by atoms with Crippen molar-refractivity contribution < 1.29 is 0 Å². The van der Waals surface area contributed by atoms with Crippen LogP contribution in [0.3, 0.4) is 0 Å². The third kappa shape index (κ3) is 2.18. The molecule has 1 aromatic rings. The summed E-state index contributed by atoms with van der Waals surface area (Å²) in [5.41, 5.74) is 7.79. The van der Waals surface area contributed by atoms with Crippen LogP contribution in [0.2, 0.25) is 0 Å². The number of aryl methyl sites for hydroxylation is 1. The van der Waals surface area contributed by atoms with E-state index in [9.17, 15) is 4.79 Å². The first-order valence-corrected chi connectivity index (χ1v) is 4.47. The Labute approximate surface area is 78.0 Å². The number of aromatic nitrogens is 1. The van der Waals surface area contributed by atoms with E-state index in [1.165, 1.54) is 6.07 Å². The van der Waals surface area contributed by atoms with E-state index in [4.69, 9.17) is 5.73 Å². The highest BCUT2D eigenvalue weighted by Crippen LogP contribution is 2.19. The zero-order chi connectivity index (χ0) is 10.0. The Morgan fingerprint density at radius 2 is 2.00 bits per heavy atom. The van der Waals surface area contributed by atoms with Gasteiger partial charge in [0, 0.05) is 17.8 Å². The number of H-pyrrole nitrogens is 1. The zero-order valence-corrected chi connectivity index (χ0v) is 8.29. The Hall–Kier alpha value is -1.09. The minimum Gasteiger partial charge on any atom is -0.326 e. The topological polar surface area (TPSA) is 58.9 Å². The van der Waals surface area contributed by atoms with Gasteiger partial charge in [0.1, 0.15) is 0 Å². The molecule has 1 atom stereocenters. The van der Waals surface area contributed by atoms with Gasteiger partial charge in [-0.05, 0) is 18.4 Å². The van der Waals surface area contributed by atoms with E-state index < -0.39 is 0 Å². The van der Waals surface area contributed by atoms with Gasteiger partial charge >= 0.3 is 0 Å². The average Bonchev–Trinajstić information content (AvgIpc) is 2.03. The molecule has 0 saturated heterocycles. The summed E-state index contributed by atoms with van der Waals surface area (Å²) in [5.74, 6) is 0.379. The number of hydrogen-bond acceptors (Lipinski definition) is 2. The molecular weight excluding hydrogens is 164 g/mol. The molecule has 13 heavy (non-hydrogen) atoms. The largest absolute Gasteiger partial charge is 0.326 e. The Morgan fingerprint density at radius 1 is 1.38 bits per heavy atom. The maximum absolute atomic E-state index is 10.9. The molecule has 0 aliphatic carbocycles. The second-order valence-corrected chi connectivity index (χ2v) is 3.67. The fourth-order valence-corrected chi connectivity index (χ4v) is 1.31. The Kier molecular flexibility index (Phi) is 2.88. The van der Waals surface area contributed by atoms with Crippen molar-refractivity contribution in [1.29, 1.82) is 0 Å². The molecule has 1 aromatic heterocycles. The second-order valence-electron chi connectivity index (χ2n) is 3.67. The fraction of sp³-hybridized carbons (Fsp3) is 0.500. The number of hydrogen-bond donors (Lipinski definition) is 2. The smallest absolute Gasteiger partial charge is 0.248 e. The number of nitrogens with one attached hydrogen (secondary N) is 1. The molecule has 0 amide bonds. The molecule has 0 aliphatic heterocycles. The van der Waals surface area contributed by atoms with Gasteiger partial charge in [-0.2, -0.15) is 0 Å². The minimum atomic E-state index is -0.0720. The summed E-state index contributed by atoms with van der Waals surface area (Å²) in [5, 5.41) is 0. The molecule has 1 unspecified atom stereocenters. The molecule has 0 fully saturated rings. The van der Waals surface area contributed by atoms with Crippen LogP contribution in [0.5, 0.6) is 0 Å². The molecule has 0 spiro atoms. The van der Waals surface area contributed by atoms with E-state index in [0.717, 1.165) is 11.3 Å². The van der Waals surface area contributed by atoms with Crippen molar-refractivity contribution in [3.05, 3.63) is 33.7 Å². The van der Waals surface area contributed by atoms with E-state index in [1.807, 2.05) is 6.92 Å². The maximum atomic E-state index is 10.9. The fourth-order valence-electron chi connectivity index (χ4n) is 1.31. The SMILES string of the molecule is Cc1[nH]c(=O)ccc1C(N)C(C)C. The first-order chi connectivity index (χ1) is 6.02. The van der Waals surface area contributed by atoms with Crippen molar-refractivity contribution in [2.24, 2.45) is 11.7 Å². The van der Waals surface area contributed by atoms with Crippen LogP contribution in [0.15, 0.2) is 16.9 Å². The summed E-state index contributed by atoms with van der Waals surface area (Å²) in [4.78, 5) is 13.7. The lowest BCUT2D eigenvalue weighted by atomic mass is 9.96. The Balaban J connectivity index is 3.08. The second kappa shape index (κ2) is 3.75. The van der Waals surface area contributed by atoms with Gasteiger partial charge in [0.25, 0.3) is 0 Å². The van der Waals surface area contributed by atoms with Gasteiger partial charge in [-0.25, -0.2) is 0 Å². The molecule has 1 rings (SSSR count). The lowest BCUT2D eigenvalue weighted by Gasteiger charge is -2.17. The van der Waals surface area contributed by atoms with Crippen molar-refractivity contribution in [2.75, 3.05) is 0 Å². The lowest BCUT2D eigenvalue weighted by molar-refractivity contribution is 0.510. The molecule has 0 aliphatic rings. The van der Waals surface area contributed by atoms with Crippen molar-refractivity contribution in [3.8, 4) is 0 Å². The first-order valence-electron chi connectivity index (χ1n) is 4.47. The molecule has 72 valence electrons. The summed E-state index contributed by atoms with van der Waals surface area (Å²) in [7, 11) is 0. The summed E-state index contributed by atoms with van der Waals surface area (Å²) < 4.78 is 0. The molecule has 3 nitrogen and oxygen atoms in total. The summed E-state index contributed by atoms with van der Waals surface area (Å²) >= 11 is 0. The summed E-state index contributed by atoms with van der Waals surface area (Å²) in [6.45, 7) is 6.00. The normalized spacial score (nSPS) is 13.3. The van der Waals surface area contributed by atoms with E-state index in [-0.39, 0.29) is 11.6 Å². The average molecular weight is 180 g/mol.